The summed E-state index contributed by atoms with van der Waals surface area (Å²) in [5.74, 6) is -0.595. The molecule has 5 rings (SSSR count). The van der Waals surface area contributed by atoms with Crippen molar-refractivity contribution in [2.24, 2.45) is 0 Å². The molecule has 0 bridgehead atoms. The Balaban J connectivity index is 1.48. The maximum absolute atomic E-state index is 14.7. The van der Waals surface area contributed by atoms with Crippen LogP contribution in [-0.2, 0) is 0 Å². The van der Waals surface area contributed by atoms with E-state index in [0.717, 1.165) is 6.20 Å². The van der Waals surface area contributed by atoms with Crippen LogP contribution in [0.3, 0.4) is 0 Å². The third-order valence-corrected chi connectivity index (χ3v) is 5.24. The number of aromatic nitrogens is 5. The van der Waals surface area contributed by atoms with Crippen molar-refractivity contribution in [1.82, 2.24) is 24.3 Å². The maximum Gasteiger partial charge on any atom is 0.293 e. The summed E-state index contributed by atoms with van der Waals surface area (Å²) in [7, 11) is 0. The number of amides is 1. The van der Waals surface area contributed by atoms with Gasteiger partial charge in [-0.1, -0.05) is 0 Å². The van der Waals surface area contributed by atoms with Gasteiger partial charge in [0, 0.05) is 42.3 Å². The molecule has 10 heteroatoms. The summed E-state index contributed by atoms with van der Waals surface area (Å²) in [4.78, 5) is 29.5. The monoisotopic (exact) mass is 460 g/mol. The lowest BCUT2D eigenvalue weighted by Gasteiger charge is -2.06. The van der Waals surface area contributed by atoms with E-state index in [1.54, 1.807) is 43.8 Å². The van der Waals surface area contributed by atoms with Gasteiger partial charge in [-0.25, -0.2) is 23.7 Å². The van der Waals surface area contributed by atoms with Crippen molar-refractivity contribution in [3.8, 4) is 22.5 Å². The standard InChI is InChI=1S/C24H18F2N6O2/c1-12-6-16(25)9-27-21(12)15-8-28-24-31-20(11-32(24)10-15)18-7-17(4-5-19(18)26)30-23(33)22-13(2)29-14(3)34-22/h4-11H,1-3H3,(H,30,33). The Hall–Kier alpha value is -4.47. The third kappa shape index (κ3) is 3.90. The van der Waals surface area contributed by atoms with Crippen LogP contribution in [0, 0.1) is 32.4 Å². The summed E-state index contributed by atoms with van der Waals surface area (Å²) in [5.41, 5.74) is 3.25. The largest absolute Gasteiger partial charge is 0.436 e. The van der Waals surface area contributed by atoms with Gasteiger partial charge < -0.3 is 9.73 Å². The van der Waals surface area contributed by atoms with Gasteiger partial charge in [-0.15, -0.1) is 0 Å². The molecule has 170 valence electrons. The molecule has 5 aromatic rings. The number of carbonyl (C=O) groups is 1. The number of halogens is 2. The molecule has 0 radical (unpaired) electrons. The van der Waals surface area contributed by atoms with Crippen LogP contribution >= 0.6 is 0 Å². The number of hydrogen-bond acceptors (Lipinski definition) is 6. The first-order valence-electron chi connectivity index (χ1n) is 10.3. The molecule has 8 nitrogen and oxygen atoms in total. The molecule has 0 aliphatic heterocycles. The fourth-order valence-corrected chi connectivity index (χ4v) is 3.71. The van der Waals surface area contributed by atoms with Crippen LogP contribution in [0.1, 0.15) is 27.7 Å². The normalized spacial score (nSPS) is 11.2. The minimum atomic E-state index is -0.510. The molecule has 4 aromatic heterocycles. The number of fused-ring (bicyclic) bond motifs is 1. The molecular formula is C24H18F2N6O2. The van der Waals surface area contributed by atoms with Gasteiger partial charge in [0.25, 0.3) is 5.91 Å². The molecule has 4 heterocycles. The number of benzene rings is 1. The number of nitrogens with one attached hydrogen (secondary N) is 1. The van der Waals surface area contributed by atoms with Crippen LogP contribution in [0.2, 0.25) is 0 Å². The van der Waals surface area contributed by atoms with Gasteiger partial charge in [0.1, 0.15) is 11.6 Å². The first-order valence-corrected chi connectivity index (χ1v) is 10.3. The number of oxazole rings is 1. The van der Waals surface area contributed by atoms with Crippen LogP contribution in [-0.4, -0.2) is 30.2 Å². The molecule has 34 heavy (non-hydrogen) atoms. The number of carbonyl (C=O) groups excluding carboxylic acids is 1. The second-order valence-corrected chi connectivity index (χ2v) is 7.79. The summed E-state index contributed by atoms with van der Waals surface area (Å²) in [6, 6.07) is 5.57. The van der Waals surface area contributed by atoms with Crippen LogP contribution in [0.25, 0.3) is 28.3 Å². The molecule has 0 saturated carbocycles. The van der Waals surface area contributed by atoms with Crippen molar-refractivity contribution < 1.29 is 18.0 Å². The highest BCUT2D eigenvalue weighted by molar-refractivity contribution is 6.03. The number of hydrogen-bond donors (Lipinski definition) is 1. The number of imidazole rings is 1. The third-order valence-electron chi connectivity index (χ3n) is 5.24. The summed E-state index contributed by atoms with van der Waals surface area (Å²) >= 11 is 0. The first kappa shape index (κ1) is 21.4. The van der Waals surface area contributed by atoms with Crippen molar-refractivity contribution in [2.75, 3.05) is 5.32 Å². The quantitative estimate of drug-likeness (QED) is 0.410. The fourth-order valence-electron chi connectivity index (χ4n) is 3.71. The Morgan fingerprint density at radius 2 is 1.85 bits per heavy atom. The van der Waals surface area contributed by atoms with E-state index in [1.807, 2.05) is 0 Å². The average Bonchev–Trinajstić information content (AvgIpc) is 3.36. The van der Waals surface area contributed by atoms with E-state index in [0.29, 0.717) is 45.6 Å². The first-order chi connectivity index (χ1) is 16.3. The molecule has 0 unspecified atom stereocenters. The van der Waals surface area contributed by atoms with Gasteiger partial charge in [-0.3, -0.25) is 14.2 Å². The highest BCUT2D eigenvalue weighted by Gasteiger charge is 2.18. The summed E-state index contributed by atoms with van der Waals surface area (Å²) in [5, 5.41) is 2.70. The summed E-state index contributed by atoms with van der Waals surface area (Å²) < 4.78 is 35.1. The topological polar surface area (TPSA) is 98.2 Å². The Morgan fingerprint density at radius 3 is 2.59 bits per heavy atom. The second-order valence-electron chi connectivity index (χ2n) is 7.79. The van der Waals surface area contributed by atoms with Gasteiger partial charge in [0.15, 0.2) is 5.89 Å². The predicted molar refractivity (Wildman–Crippen MR) is 120 cm³/mol. The fraction of sp³-hybridized carbons (Fsp3) is 0.125. The Labute approximate surface area is 192 Å². The number of rotatable bonds is 4. The van der Waals surface area contributed by atoms with Crippen molar-refractivity contribution in [3.05, 3.63) is 83.6 Å². The van der Waals surface area contributed by atoms with E-state index in [-0.39, 0.29) is 11.3 Å². The molecule has 0 spiro atoms. The Kier molecular flexibility index (Phi) is 5.12. The highest BCUT2D eigenvalue weighted by Crippen LogP contribution is 2.27. The van der Waals surface area contributed by atoms with Crippen molar-refractivity contribution in [1.29, 1.82) is 0 Å². The van der Waals surface area contributed by atoms with Gasteiger partial charge in [-0.2, -0.15) is 0 Å². The molecular weight excluding hydrogens is 442 g/mol. The molecule has 0 aliphatic carbocycles. The van der Waals surface area contributed by atoms with Crippen molar-refractivity contribution in [3.63, 3.8) is 0 Å². The van der Waals surface area contributed by atoms with E-state index in [2.05, 4.69) is 25.3 Å². The van der Waals surface area contributed by atoms with Gasteiger partial charge in [0.2, 0.25) is 11.5 Å². The number of pyridine rings is 1. The zero-order chi connectivity index (χ0) is 24.0. The lowest BCUT2D eigenvalue weighted by Crippen LogP contribution is -2.12. The Bertz CT molecular complexity index is 1570. The predicted octanol–water partition coefficient (Wildman–Crippen LogP) is 4.90. The van der Waals surface area contributed by atoms with Crippen LogP contribution in [0.15, 0.2) is 53.5 Å². The van der Waals surface area contributed by atoms with Gasteiger partial charge in [-0.05, 0) is 43.7 Å². The summed E-state index contributed by atoms with van der Waals surface area (Å²) in [6.45, 7) is 5.07. The minimum Gasteiger partial charge on any atom is -0.436 e. The average molecular weight is 460 g/mol. The highest BCUT2D eigenvalue weighted by atomic mass is 19.1. The van der Waals surface area contributed by atoms with Crippen molar-refractivity contribution >= 4 is 17.4 Å². The molecule has 1 amide bonds. The Morgan fingerprint density at radius 1 is 1.03 bits per heavy atom. The molecule has 0 fully saturated rings. The number of nitrogens with zero attached hydrogens (tertiary/aromatic N) is 5. The number of anilines is 1. The van der Waals surface area contributed by atoms with Crippen LogP contribution < -0.4 is 5.32 Å². The zero-order valence-electron chi connectivity index (χ0n) is 18.4. The lowest BCUT2D eigenvalue weighted by atomic mass is 10.1. The smallest absolute Gasteiger partial charge is 0.293 e. The minimum absolute atomic E-state index is 0.0949. The maximum atomic E-state index is 14.7. The zero-order valence-corrected chi connectivity index (χ0v) is 18.4. The van der Waals surface area contributed by atoms with Crippen molar-refractivity contribution in [2.45, 2.75) is 20.8 Å². The SMILES string of the molecule is Cc1nc(C)c(C(=O)Nc2ccc(F)c(-c3cn4cc(-c5ncc(F)cc5C)cnc4n3)c2)o1. The van der Waals surface area contributed by atoms with Gasteiger partial charge in [0.05, 0.1) is 23.3 Å². The van der Waals surface area contributed by atoms with E-state index in [9.17, 15) is 13.6 Å². The van der Waals surface area contributed by atoms with E-state index >= 15 is 0 Å². The second kappa shape index (κ2) is 8.14. The lowest BCUT2D eigenvalue weighted by molar-refractivity contribution is 0.0994. The molecule has 1 N–H and O–H groups in total. The van der Waals surface area contributed by atoms with E-state index < -0.39 is 17.5 Å². The molecule has 0 atom stereocenters. The summed E-state index contributed by atoms with van der Waals surface area (Å²) in [6.07, 6.45) is 6.08. The number of aryl methyl sites for hydroxylation is 3. The van der Waals surface area contributed by atoms with E-state index in [4.69, 9.17) is 4.42 Å². The molecule has 1 aromatic carbocycles. The van der Waals surface area contributed by atoms with E-state index in [1.165, 1.54) is 24.3 Å². The van der Waals surface area contributed by atoms with Crippen LogP contribution in [0.5, 0.6) is 0 Å². The van der Waals surface area contributed by atoms with Crippen LogP contribution in [0.4, 0.5) is 14.5 Å². The van der Waals surface area contributed by atoms with Gasteiger partial charge >= 0.3 is 0 Å². The molecule has 0 aliphatic rings. The molecule has 0 saturated heterocycles.